The van der Waals surface area contributed by atoms with Crippen LogP contribution < -0.4 is 0 Å². The van der Waals surface area contributed by atoms with Gasteiger partial charge in [-0.05, 0) is 27.2 Å². The van der Waals surface area contributed by atoms with Gasteiger partial charge in [0.1, 0.15) is 0 Å². The molecule has 0 aromatic carbocycles. The topological polar surface area (TPSA) is 36.9 Å². The second kappa shape index (κ2) is 6.33. The predicted octanol–water partition coefficient (Wildman–Crippen LogP) is 2.74. The van der Waals surface area contributed by atoms with Gasteiger partial charge in [0.15, 0.2) is 0 Å². The molecule has 0 amide bonds. The monoisotopic (exact) mass is 268 g/mol. The Morgan fingerprint density at radius 3 is 2.31 bits per heavy atom. The third-order valence-electron chi connectivity index (χ3n) is 2.35. The molecule has 6 heteroatoms. The van der Waals surface area contributed by atoms with Gasteiger partial charge in [-0.2, -0.15) is 0 Å². The Balaban J connectivity index is 2.69. The molecule has 0 aromatic heterocycles. The highest BCUT2D eigenvalue weighted by atomic mass is 35.6. The van der Waals surface area contributed by atoms with E-state index in [-0.39, 0.29) is 0 Å². The Labute approximate surface area is 103 Å². The molecule has 0 aromatic rings. The molecule has 0 bridgehead atoms. The van der Waals surface area contributed by atoms with Crippen LogP contribution in [0.5, 0.6) is 0 Å². The molecule has 16 heavy (non-hydrogen) atoms. The normalized spacial score (nSPS) is 29.2. The van der Waals surface area contributed by atoms with Gasteiger partial charge in [0, 0.05) is 32.3 Å². The van der Waals surface area contributed by atoms with Crippen molar-refractivity contribution in [3.05, 3.63) is 0 Å². The first-order chi connectivity index (χ1) is 7.60. The summed E-state index contributed by atoms with van der Waals surface area (Å²) in [6.07, 6.45) is 1.62. The van der Waals surface area contributed by atoms with E-state index in [1.165, 1.54) is 0 Å². The first kappa shape index (κ1) is 14.4. The van der Waals surface area contributed by atoms with Crippen molar-refractivity contribution in [3.8, 4) is 0 Å². The molecule has 1 atom stereocenters. The highest BCUT2D eigenvalue weighted by molar-refractivity contribution is 7.13. The lowest BCUT2D eigenvalue weighted by molar-refractivity contribution is -0.356. The summed E-state index contributed by atoms with van der Waals surface area (Å²) in [6.45, 7) is 7.37. The number of rotatable bonds is 6. The van der Waals surface area contributed by atoms with Crippen LogP contribution in [-0.2, 0) is 18.3 Å². The minimum absolute atomic E-state index is 0.535. The highest BCUT2D eigenvalue weighted by Gasteiger charge is 2.50. The van der Waals surface area contributed by atoms with Gasteiger partial charge in [-0.1, -0.05) is 11.1 Å². The van der Waals surface area contributed by atoms with Crippen LogP contribution in [0.2, 0.25) is 6.04 Å². The van der Waals surface area contributed by atoms with Gasteiger partial charge in [-0.3, -0.25) is 0 Å². The van der Waals surface area contributed by atoms with E-state index < -0.39 is 13.8 Å². The average Bonchev–Trinajstić information content (AvgIpc) is 2.18. The van der Waals surface area contributed by atoms with Gasteiger partial charge < -0.3 is 18.3 Å². The van der Waals surface area contributed by atoms with Crippen molar-refractivity contribution in [2.75, 3.05) is 19.8 Å². The van der Waals surface area contributed by atoms with Gasteiger partial charge >= 0.3 is 7.87 Å². The number of ether oxygens (including phenoxy) is 2. The van der Waals surface area contributed by atoms with Crippen LogP contribution in [0.25, 0.3) is 0 Å². The number of hydrogen-bond acceptors (Lipinski definition) is 4. The van der Waals surface area contributed by atoms with Gasteiger partial charge in [-0.15, -0.1) is 0 Å². The molecule has 1 aliphatic heterocycles. The fourth-order valence-corrected chi connectivity index (χ4v) is 4.95. The average molecular weight is 269 g/mol. The zero-order valence-electron chi connectivity index (χ0n) is 10.3. The fraction of sp³-hybridized carbons (Fsp3) is 1.00. The predicted molar refractivity (Wildman–Crippen MR) is 64.3 cm³/mol. The lowest BCUT2D eigenvalue weighted by Gasteiger charge is -2.41. The van der Waals surface area contributed by atoms with Gasteiger partial charge in [-0.25, -0.2) is 0 Å². The van der Waals surface area contributed by atoms with Crippen molar-refractivity contribution in [3.63, 3.8) is 0 Å². The molecule has 1 heterocycles. The molecule has 1 aliphatic rings. The van der Waals surface area contributed by atoms with E-state index in [1.54, 1.807) is 0 Å². The minimum Gasteiger partial charge on any atom is -0.383 e. The van der Waals surface area contributed by atoms with Crippen LogP contribution in [0.1, 0.15) is 33.6 Å². The molecule has 96 valence electrons. The van der Waals surface area contributed by atoms with E-state index >= 15 is 0 Å². The Morgan fingerprint density at radius 1 is 1.19 bits per heavy atom. The summed E-state index contributed by atoms with van der Waals surface area (Å²) >= 11 is 6.37. The Hall–Kier alpha value is 0.347. The summed E-state index contributed by atoms with van der Waals surface area (Å²) in [4.78, 5) is 0. The number of hydrogen-bond donors (Lipinski definition) is 0. The summed E-state index contributed by atoms with van der Waals surface area (Å²) in [5.74, 6) is -0.981. The minimum atomic E-state index is -2.62. The van der Waals surface area contributed by atoms with Crippen molar-refractivity contribution in [2.45, 2.75) is 45.6 Å². The summed E-state index contributed by atoms with van der Waals surface area (Å²) in [5, 5.41) is 0. The summed E-state index contributed by atoms with van der Waals surface area (Å²) in [7, 11) is -2.62. The third-order valence-corrected chi connectivity index (χ3v) is 5.77. The van der Waals surface area contributed by atoms with Crippen LogP contribution in [0, 0.1) is 0 Å². The van der Waals surface area contributed by atoms with E-state index in [0.29, 0.717) is 26.2 Å². The van der Waals surface area contributed by atoms with Crippen LogP contribution in [0.4, 0.5) is 0 Å². The number of halogens is 1. The molecule has 0 radical (unpaired) electrons. The molecule has 0 spiro atoms. The van der Waals surface area contributed by atoms with E-state index in [0.717, 1.165) is 12.5 Å². The van der Waals surface area contributed by atoms with E-state index in [4.69, 9.17) is 29.4 Å². The van der Waals surface area contributed by atoms with Crippen LogP contribution >= 0.6 is 11.1 Å². The fourth-order valence-electron chi connectivity index (χ4n) is 1.85. The third kappa shape index (κ3) is 3.68. The second-order valence-corrected chi connectivity index (χ2v) is 7.64. The molecule has 1 fully saturated rings. The maximum atomic E-state index is 6.37. The Morgan fingerprint density at radius 2 is 1.81 bits per heavy atom. The standard InChI is InChI=1S/C10H21ClO4Si/c1-4-12-10(13-5-2)8-7-9-16(11,15-10)14-6-3/h4-9H2,1-3H3. The largest absolute Gasteiger partial charge is 0.447 e. The quantitative estimate of drug-likeness (QED) is 0.422. The van der Waals surface area contributed by atoms with Crippen LogP contribution in [-0.4, -0.2) is 33.7 Å². The van der Waals surface area contributed by atoms with Crippen molar-refractivity contribution >= 4 is 18.9 Å². The lowest BCUT2D eigenvalue weighted by Crippen LogP contribution is -2.53. The summed E-state index contributed by atoms with van der Waals surface area (Å²) in [6, 6.07) is 0.782. The SMILES string of the molecule is CCOC1(OCC)CCC[Si](Cl)(OCC)O1. The van der Waals surface area contributed by atoms with Crippen LogP contribution in [0.15, 0.2) is 0 Å². The molecule has 0 saturated carbocycles. The van der Waals surface area contributed by atoms with Crippen molar-refractivity contribution < 1.29 is 18.3 Å². The van der Waals surface area contributed by atoms with E-state index in [2.05, 4.69) is 0 Å². The van der Waals surface area contributed by atoms with Gasteiger partial charge in [0.2, 0.25) is 0 Å². The summed E-state index contributed by atoms with van der Waals surface area (Å²) < 4.78 is 22.5. The second-order valence-electron chi connectivity index (χ2n) is 3.60. The molecule has 1 rings (SSSR count). The Bertz CT molecular complexity index is 201. The molecule has 4 nitrogen and oxygen atoms in total. The Kier molecular flexibility index (Phi) is 5.70. The molecular formula is C10H21ClO4Si. The first-order valence-electron chi connectivity index (χ1n) is 5.90. The van der Waals surface area contributed by atoms with E-state index in [1.807, 2.05) is 20.8 Å². The maximum absolute atomic E-state index is 6.37. The van der Waals surface area contributed by atoms with Crippen molar-refractivity contribution in [1.29, 1.82) is 0 Å². The first-order valence-corrected chi connectivity index (χ1v) is 8.94. The van der Waals surface area contributed by atoms with Crippen LogP contribution in [0.3, 0.4) is 0 Å². The molecule has 0 aliphatic carbocycles. The van der Waals surface area contributed by atoms with E-state index in [9.17, 15) is 0 Å². The lowest BCUT2D eigenvalue weighted by atomic mass is 10.3. The highest BCUT2D eigenvalue weighted by Crippen LogP contribution is 2.38. The van der Waals surface area contributed by atoms with Crippen molar-refractivity contribution in [1.82, 2.24) is 0 Å². The molecular weight excluding hydrogens is 248 g/mol. The zero-order chi connectivity index (χ0) is 12.1. The summed E-state index contributed by atoms with van der Waals surface area (Å²) in [5.41, 5.74) is 0. The molecule has 1 unspecified atom stereocenters. The maximum Gasteiger partial charge on any atom is 0.447 e. The van der Waals surface area contributed by atoms with Gasteiger partial charge in [0.25, 0.3) is 5.97 Å². The molecule has 1 saturated heterocycles. The zero-order valence-corrected chi connectivity index (χ0v) is 12.0. The van der Waals surface area contributed by atoms with Gasteiger partial charge in [0.05, 0.1) is 0 Å². The molecule has 0 N–H and O–H groups in total. The smallest absolute Gasteiger partial charge is 0.383 e. The van der Waals surface area contributed by atoms with Crippen molar-refractivity contribution in [2.24, 2.45) is 0 Å².